The lowest BCUT2D eigenvalue weighted by atomic mass is 10.0. The molecule has 132 valence electrons. The van der Waals surface area contributed by atoms with E-state index in [-0.39, 0.29) is 0 Å². The minimum Gasteiger partial charge on any atom is -0.379 e. The molecule has 3 rings (SSSR count). The van der Waals surface area contributed by atoms with Gasteiger partial charge in [-0.15, -0.1) is 0 Å². The molecule has 2 aromatic rings. The Morgan fingerprint density at radius 3 is 2.76 bits per heavy atom. The SMILES string of the molecule is Cc1ncccc1NCc1cnn(C2CCN(C(C)C)CC2)c1C#N. The Hall–Kier alpha value is -2.39. The quantitative estimate of drug-likeness (QED) is 0.907. The Kier molecular flexibility index (Phi) is 5.34. The molecule has 0 aromatic carbocycles. The van der Waals surface area contributed by atoms with Gasteiger partial charge in [0.15, 0.2) is 0 Å². The second-order valence-corrected chi connectivity index (χ2v) is 6.93. The lowest BCUT2D eigenvalue weighted by Crippen LogP contribution is -2.39. The van der Waals surface area contributed by atoms with E-state index in [1.54, 1.807) is 6.20 Å². The van der Waals surface area contributed by atoms with Crippen molar-refractivity contribution in [1.29, 1.82) is 5.26 Å². The minimum absolute atomic E-state index is 0.318. The van der Waals surface area contributed by atoms with E-state index in [9.17, 15) is 5.26 Å². The molecule has 0 amide bonds. The van der Waals surface area contributed by atoms with Crippen LogP contribution >= 0.6 is 0 Å². The number of aromatic nitrogens is 3. The van der Waals surface area contributed by atoms with Crippen molar-refractivity contribution in [3.63, 3.8) is 0 Å². The van der Waals surface area contributed by atoms with Crippen LogP contribution in [-0.2, 0) is 6.54 Å². The van der Waals surface area contributed by atoms with Crippen LogP contribution in [0.3, 0.4) is 0 Å². The summed E-state index contributed by atoms with van der Waals surface area (Å²) in [7, 11) is 0. The van der Waals surface area contributed by atoms with Gasteiger partial charge in [0.05, 0.1) is 23.6 Å². The van der Waals surface area contributed by atoms with Crippen molar-refractivity contribution in [2.45, 2.75) is 52.2 Å². The van der Waals surface area contributed by atoms with Gasteiger partial charge in [0, 0.05) is 37.4 Å². The highest BCUT2D eigenvalue weighted by atomic mass is 15.3. The van der Waals surface area contributed by atoms with E-state index >= 15 is 0 Å². The van der Waals surface area contributed by atoms with Crippen molar-refractivity contribution in [2.24, 2.45) is 0 Å². The van der Waals surface area contributed by atoms with Crippen LogP contribution in [0.15, 0.2) is 24.5 Å². The van der Waals surface area contributed by atoms with Gasteiger partial charge in [-0.2, -0.15) is 10.4 Å². The Balaban J connectivity index is 1.70. The maximum atomic E-state index is 9.65. The summed E-state index contributed by atoms with van der Waals surface area (Å²) < 4.78 is 1.94. The fraction of sp³-hybridized carbons (Fsp3) is 0.526. The smallest absolute Gasteiger partial charge is 0.143 e. The molecule has 0 saturated carbocycles. The van der Waals surface area contributed by atoms with Crippen molar-refractivity contribution < 1.29 is 0 Å². The average Bonchev–Trinajstić information content (AvgIpc) is 3.04. The van der Waals surface area contributed by atoms with Crippen LogP contribution in [0, 0.1) is 18.3 Å². The Labute approximate surface area is 149 Å². The number of hydrogen-bond acceptors (Lipinski definition) is 5. The molecule has 1 fully saturated rings. The highest BCUT2D eigenvalue weighted by molar-refractivity contribution is 5.47. The zero-order chi connectivity index (χ0) is 17.8. The molecule has 1 aliphatic rings. The first-order valence-electron chi connectivity index (χ1n) is 8.96. The summed E-state index contributed by atoms with van der Waals surface area (Å²) in [5.41, 5.74) is 3.56. The van der Waals surface area contributed by atoms with Crippen LogP contribution in [-0.4, -0.2) is 38.8 Å². The van der Waals surface area contributed by atoms with Crippen LogP contribution in [0.1, 0.15) is 49.7 Å². The minimum atomic E-state index is 0.318. The Morgan fingerprint density at radius 1 is 1.36 bits per heavy atom. The number of piperidine rings is 1. The molecule has 6 heteroatoms. The molecule has 3 heterocycles. The van der Waals surface area contributed by atoms with Crippen molar-refractivity contribution in [3.05, 3.63) is 41.5 Å². The van der Waals surface area contributed by atoms with Crippen LogP contribution in [0.25, 0.3) is 0 Å². The Bertz CT molecular complexity index is 750. The van der Waals surface area contributed by atoms with Crippen LogP contribution < -0.4 is 5.32 Å². The highest BCUT2D eigenvalue weighted by Crippen LogP contribution is 2.26. The van der Waals surface area contributed by atoms with E-state index in [4.69, 9.17) is 0 Å². The summed E-state index contributed by atoms with van der Waals surface area (Å²) in [5.74, 6) is 0. The van der Waals surface area contributed by atoms with Gasteiger partial charge in [-0.1, -0.05) is 0 Å². The van der Waals surface area contributed by atoms with Crippen molar-refractivity contribution in [3.8, 4) is 6.07 Å². The van der Waals surface area contributed by atoms with Crippen LogP contribution in [0.4, 0.5) is 5.69 Å². The molecule has 0 radical (unpaired) electrons. The number of nitrogens with one attached hydrogen (secondary N) is 1. The lowest BCUT2D eigenvalue weighted by Gasteiger charge is -2.34. The van der Waals surface area contributed by atoms with Crippen molar-refractivity contribution >= 4 is 5.69 Å². The van der Waals surface area contributed by atoms with E-state index in [0.717, 1.165) is 42.9 Å². The molecule has 25 heavy (non-hydrogen) atoms. The van der Waals surface area contributed by atoms with E-state index in [1.165, 1.54) is 0 Å². The first-order valence-corrected chi connectivity index (χ1v) is 8.96. The number of nitriles is 1. The number of anilines is 1. The number of hydrogen-bond donors (Lipinski definition) is 1. The molecular weight excluding hydrogens is 312 g/mol. The second kappa shape index (κ2) is 7.66. The van der Waals surface area contributed by atoms with E-state index in [1.807, 2.05) is 29.9 Å². The molecule has 6 nitrogen and oxygen atoms in total. The van der Waals surface area contributed by atoms with Gasteiger partial charge >= 0.3 is 0 Å². The van der Waals surface area contributed by atoms with Crippen molar-refractivity contribution in [2.75, 3.05) is 18.4 Å². The second-order valence-electron chi connectivity index (χ2n) is 6.93. The number of likely N-dealkylation sites (tertiary alicyclic amines) is 1. The third kappa shape index (κ3) is 3.83. The fourth-order valence-corrected chi connectivity index (χ4v) is 3.44. The topological polar surface area (TPSA) is 69.8 Å². The maximum absolute atomic E-state index is 9.65. The van der Waals surface area contributed by atoms with Gasteiger partial charge in [-0.3, -0.25) is 9.67 Å². The first-order chi connectivity index (χ1) is 12.1. The average molecular weight is 338 g/mol. The molecule has 0 bridgehead atoms. The van der Waals surface area contributed by atoms with Gasteiger partial charge in [-0.25, -0.2) is 0 Å². The third-order valence-corrected chi connectivity index (χ3v) is 5.03. The van der Waals surface area contributed by atoms with Gasteiger partial charge in [0.2, 0.25) is 0 Å². The molecule has 0 aliphatic carbocycles. The summed E-state index contributed by atoms with van der Waals surface area (Å²) in [6.07, 6.45) is 5.70. The molecule has 1 saturated heterocycles. The molecule has 1 N–H and O–H groups in total. The summed E-state index contributed by atoms with van der Waals surface area (Å²) in [6.45, 7) is 9.16. The predicted octanol–water partition coefficient (Wildman–Crippen LogP) is 3.12. The molecular formula is C19H26N6. The fourth-order valence-electron chi connectivity index (χ4n) is 3.44. The highest BCUT2D eigenvalue weighted by Gasteiger charge is 2.25. The van der Waals surface area contributed by atoms with E-state index < -0.39 is 0 Å². The first kappa shape index (κ1) is 17.4. The van der Waals surface area contributed by atoms with E-state index in [2.05, 4.69) is 40.2 Å². The maximum Gasteiger partial charge on any atom is 0.143 e. The van der Waals surface area contributed by atoms with Crippen LogP contribution in [0.5, 0.6) is 0 Å². The summed E-state index contributed by atoms with van der Waals surface area (Å²) in [4.78, 5) is 6.77. The monoisotopic (exact) mass is 338 g/mol. The number of pyridine rings is 1. The van der Waals surface area contributed by atoms with E-state index in [0.29, 0.717) is 24.3 Å². The molecule has 2 aromatic heterocycles. The van der Waals surface area contributed by atoms with Crippen LogP contribution in [0.2, 0.25) is 0 Å². The third-order valence-electron chi connectivity index (χ3n) is 5.03. The van der Waals surface area contributed by atoms with Gasteiger partial charge in [-0.05, 0) is 45.7 Å². The summed E-state index contributed by atoms with van der Waals surface area (Å²) in [5, 5.41) is 17.6. The van der Waals surface area contributed by atoms with Gasteiger partial charge in [0.25, 0.3) is 0 Å². The molecule has 0 unspecified atom stereocenters. The molecule has 0 atom stereocenters. The van der Waals surface area contributed by atoms with Crippen molar-refractivity contribution in [1.82, 2.24) is 19.7 Å². The van der Waals surface area contributed by atoms with Gasteiger partial charge < -0.3 is 10.2 Å². The normalized spacial score (nSPS) is 16.1. The largest absolute Gasteiger partial charge is 0.379 e. The van der Waals surface area contributed by atoms with Gasteiger partial charge in [0.1, 0.15) is 11.8 Å². The summed E-state index contributed by atoms with van der Waals surface area (Å²) in [6, 6.07) is 7.17. The lowest BCUT2D eigenvalue weighted by molar-refractivity contribution is 0.146. The summed E-state index contributed by atoms with van der Waals surface area (Å²) >= 11 is 0. The standard InChI is InChI=1S/C19H26N6/c1-14(2)24-9-6-17(7-10-24)25-19(11-20)16(13-23-25)12-22-18-5-4-8-21-15(18)3/h4-5,8,13-14,17,22H,6-7,9-10,12H2,1-3H3. The predicted molar refractivity (Wildman–Crippen MR) is 98.2 cm³/mol. The molecule has 1 aliphatic heterocycles. The molecule has 0 spiro atoms. The number of nitrogens with zero attached hydrogens (tertiary/aromatic N) is 5. The zero-order valence-electron chi connectivity index (χ0n) is 15.2. The number of aryl methyl sites for hydroxylation is 1. The number of rotatable bonds is 5. The zero-order valence-corrected chi connectivity index (χ0v) is 15.2. The Morgan fingerprint density at radius 2 is 2.12 bits per heavy atom.